The van der Waals surface area contributed by atoms with Crippen molar-refractivity contribution in [1.82, 2.24) is 19.9 Å². The lowest BCUT2D eigenvalue weighted by atomic mass is 10.2. The highest BCUT2D eigenvalue weighted by atomic mass is 15.3. The molecule has 0 aliphatic carbocycles. The number of nitrogens with one attached hydrogen (secondary N) is 1. The summed E-state index contributed by atoms with van der Waals surface area (Å²) < 4.78 is 1.50. The first-order valence-electron chi connectivity index (χ1n) is 7.19. The summed E-state index contributed by atoms with van der Waals surface area (Å²) in [6.07, 6.45) is 1.79. The van der Waals surface area contributed by atoms with Gasteiger partial charge in [-0.3, -0.25) is 4.68 Å². The van der Waals surface area contributed by atoms with E-state index in [0.717, 1.165) is 16.8 Å². The zero-order valence-corrected chi connectivity index (χ0v) is 12.2. The quantitative estimate of drug-likeness (QED) is 0.569. The largest absolute Gasteiger partial charge is 0.338 e. The van der Waals surface area contributed by atoms with Gasteiger partial charge in [0, 0.05) is 17.4 Å². The summed E-state index contributed by atoms with van der Waals surface area (Å²) in [6, 6.07) is 19.5. The van der Waals surface area contributed by atoms with E-state index < -0.39 is 0 Å². The molecule has 2 heterocycles. The Balaban J connectivity index is 1.76. The summed E-state index contributed by atoms with van der Waals surface area (Å²) in [5.41, 5.74) is 2.64. The first-order valence-corrected chi connectivity index (χ1v) is 7.19. The van der Waals surface area contributed by atoms with Crippen LogP contribution in [0.4, 0.5) is 11.5 Å². The van der Waals surface area contributed by atoms with Gasteiger partial charge in [-0.25, -0.2) is 4.98 Å². The van der Waals surface area contributed by atoms with Crippen LogP contribution in [-0.4, -0.2) is 19.9 Å². The van der Waals surface area contributed by atoms with Crippen molar-refractivity contribution in [3.05, 3.63) is 66.9 Å². The monoisotopic (exact) mass is 302 g/mol. The van der Waals surface area contributed by atoms with Crippen LogP contribution in [0.5, 0.6) is 0 Å². The first-order chi connectivity index (χ1) is 11.3. The Labute approximate surface area is 132 Å². The molecule has 2 aromatic carbocycles. The topological polar surface area (TPSA) is 81.6 Å². The lowest BCUT2D eigenvalue weighted by Crippen LogP contribution is -2.14. The fraction of sp³-hybridized carbons (Fsp3) is 0. The van der Waals surface area contributed by atoms with Gasteiger partial charge in [0.25, 0.3) is 0 Å². The lowest BCUT2D eigenvalue weighted by molar-refractivity contribution is 0.939. The molecule has 0 unspecified atom stereocenters. The molecule has 4 rings (SSSR count). The number of aromatic nitrogens is 4. The zero-order chi connectivity index (χ0) is 15.6. The van der Waals surface area contributed by atoms with Crippen molar-refractivity contribution in [2.45, 2.75) is 0 Å². The van der Waals surface area contributed by atoms with Gasteiger partial charge in [-0.1, -0.05) is 48.5 Å². The average molecular weight is 302 g/mol. The van der Waals surface area contributed by atoms with Gasteiger partial charge in [0.15, 0.2) is 17.5 Å². The zero-order valence-electron chi connectivity index (χ0n) is 12.2. The molecule has 3 N–H and O–H groups in total. The Hall–Kier alpha value is -3.41. The molecule has 6 nitrogen and oxygen atoms in total. The predicted octanol–water partition coefficient (Wildman–Crippen LogP) is 2.90. The Morgan fingerprint density at radius 1 is 0.870 bits per heavy atom. The van der Waals surface area contributed by atoms with Crippen molar-refractivity contribution in [1.29, 1.82) is 0 Å². The molecule has 0 aromatic heterocycles. The number of fused-ring (bicyclic) bond motifs is 1. The van der Waals surface area contributed by atoms with Crippen LogP contribution < -0.4 is 11.2 Å². The molecule has 2 aliphatic heterocycles. The van der Waals surface area contributed by atoms with Gasteiger partial charge >= 0.3 is 0 Å². The third kappa shape index (κ3) is 2.46. The third-order valence-corrected chi connectivity index (χ3v) is 3.53. The molecule has 0 bridgehead atoms. The standard InChI is InChI=1S/C17H14N6/c18-23-11-14-15(19-13-9-5-2-6-10-13)21-22-16(14)20-17(23)12-7-3-1-4-8-12/h1-11H,18H2,(H,19,21). The highest BCUT2D eigenvalue weighted by Crippen LogP contribution is 2.29. The van der Waals surface area contributed by atoms with Gasteiger partial charge in [0.1, 0.15) is 0 Å². The number of rotatable bonds is 3. The molecule has 0 saturated carbocycles. The minimum atomic E-state index is 0.559. The molecular formula is C17H14N6. The molecule has 0 fully saturated rings. The number of hydrogen-bond donors (Lipinski definition) is 2. The van der Waals surface area contributed by atoms with Crippen LogP contribution in [0.2, 0.25) is 0 Å². The molecule has 23 heavy (non-hydrogen) atoms. The lowest BCUT2D eigenvalue weighted by Gasteiger charge is -2.11. The predicted molar refractivity (Wildman–Crippen MR) is 89.8 cm³/mol. The molecule has 6 heteroatoms. The fourth-order valence-electron chi connectivity index (χ4n) is 2.42. The number of nitrogens with zero attached hydrogens (tertiary/aromatic N) is 4. The second kappa shape index (κ2) is 5.42. The minimum absolute atomic E-state index is 0.559. The molecule has 2 aliphatic rings. The molecule has 0 saturated heterocycles. The normalized spacial score (nSPS) is 10.8. The van der Waals surface area contributed by atoms with Crippen molar-refractivity contribution in [2.24, 2.45) is 0 Å². The summed E-state index contributed by atoms with van der Waals surface area (Å²) in [4.78, 5) is 4.53. The second-order valence-corrected chi connectivity index (χ2v) is 5.11. The Kier molecular flexibility index (Phi) is 3.12. The van der Waals surface area contributed by atoms with Crippen molar-refractivity contribution in [2.75, 3.05) is 11.2 Å². The summed E-state index contributed by atoms with van der Waals surface area (Å²) in [5, 5.41) is 11.6. The van der Waals surface area contributed by atoms with E-state index in [1.54, 1.807) is 6.20 Å². The van der Waals surface area contributed by atoms with E-state index in [4.69, 9.17) is 5.84 Å². The van der Waals surface area contributed by atoms with Gasteiger partial charge in [0.05, 0.1) is 5.56 Å². The van der Waals surface area contributed by atoms with E-state index in [1.807, 2.05) is 60.7 Å². The van der Waals surface area contributed by atoms with Crippen molar-refractivity contribution in [3.63, 3.8) is 0 Å². The van der Waals surface area contributed by atoms with Crippen molar-refractivity contribution in [3.8, 4) is 22.8 Å². The first kappa shape index (κ1) is 13.3. The Morgan fingerprint density at radius 3 is 2.30 bits per heavy atom. The number of benzene rings is 2. The molecule has 0 atom stereocenters. The van der Waals surface area contributed by atoms with Crippen LogP contribution >= 0.6 is 0 Å². The number of para-hydroxylation sites is 1. The Bertz CT molecular complexity index is 901. The van der Waals surface area contributed by atoms with E-state index in [-0.39, 0.29) is 0 Å². The number of nitrogen functional groups attached to an aromatic ring is 1. The summed E-state index contributed by atoms with van der Waals surface area (Å²) in [5.74, 6) is 7.95. The second-order valence-electron chi connectivity index (χ2n) is 5.11. The van der Waals surface area contributed by atoms with Gasteiger partial charge in [0.2, 0.25) is 0 Å². The van der Waals surface area contributed by atoms with Gasteiger partial charge < -0.3 is 11.2 Å². The maximum absolute atomic E-state index is 6.11. The molecule has 0 spiro atoms. The van der Waals surface area contributed by atoms with Crippen molar-refractivity contribution < 1.29 is 0 Å². The van der Waals surface area contributed by atoms with Gasteiger partial charge in [-0.2, -0.15) is 0 Å². The fourth-order valence-corrected chi connectivity index (χ4v) is 2.42. The average Bonchev–Trinajstić information content (AvgIpc) is 2.98. The molecular weight excluding hydrogens is 288 g/mol. The van der Waals surface area contributed by atoms with E-state index in [2.05, 4.69) is 20.5 Å². The van der Waals surface area contributed by atoms with E-state index >= 15 is 0 Å². The minimum Gasteiger partial charge on any atom is -0.338 e. The number of hydrogen-bond acceptors (Lipinski definition) is 5. The molecule has 0 amide bonds. The number of nitrogens with two attached hydrogens (primary N) is 1. The third-order valence-electron chi connectivity index (χ3n) is 3.53. The molecule has 2 aromatic rings. The van der Waals surface area contributed by atoms with Crippen LogP contribution in [0.25, 0.3) is 22.8 Å². The van der Waals surface area contributed by atoms with E-state index in [0.29, 0.717) is 17.5 Å². The van der Waals surface area contributed by atoms with E-state index in [9.17, 15) is 0 Å². The maximum atomic E-state index is 6.11. The summed E-state index contributed by atoms with van der Waals surface area (Å²) in [6.45, 7) is 0. The smallest absolute Gasteiger partial charge is 0.189 e. The maximum Gasteiger partial charge on any atom is 0.189 e. The van der Waals surface area contributed by atoms with Crippen LogP contribution in [-0.2, 0) is 0 Å². The van der Waals surface area contributed by atoms with Crippen LogP contribution in [0.1, 0.15) is 0 Å². The van der Waals surface area contributed by atoms with Crippen molar-refractivity contribution >= 4 is 11.5 Å². The molecule has 112 valence electrons. The summed E-state index contributed by atoms with van der Waals surface area (Å²) in [7, 11) is 0. The Morgan fingerprint density at radius 2 is 1.57 bits per heavy atom. The highest BCUT2D eigenvalue weighted by molar-refractivity contribution is 5.76. The van der Waals surface area contributed by atoms with Crippen LogP contribution in [0, 0.1) is 0 Å². The van der Waals surface area contributed by atoms with E-state index in [1.165, 1.54) is 4.68 Å². The van der Waals surface area contributed by atoms with Gasteiger partial charge in [-0.05, 0) is 12.1 Å². The van der Waals surface area contributed by atoms with Gasteiger partial charge in [-0.15, -0.1) is 10.2 Å². The van der Waals surface area contributed by atoms with Crippen LogP contribution in [0.3, 0.4) is 0 Å². The molecule has 0 radical (unpaired) electrons. The summed E-state index contributed by atoms with van der Waals surface area (Å²) >= 11 is 0. The van der Waals surface area contributed by atoms with Crippen LogP contribution in [0.15, 0.2) is 66.9 Å². The highest BCUT2D eigenvalue weighted by Gasteiger charge is 2.18. The number of anilines is 2. The SMILES string of the molecule is Nn1cc2c(Nc3ccccc3)nnc-2nc1-c1ccccc1.